The lowest BCUT2D eigenvalue weighted by molar-refractivity contribution is 0.426. The Labute approximate surface area is 173 Å². The standard InChI is InChI=1S/C25H19BO2S/c1-3-9-18-15(4-2)23-22(14-21(18)26(27)28)29-25-20-13-8-6-11-17(20)16-10-5-7-12-19(16)24(23)25/h3-14,27-28H,2H2,1H3/b9-3-. The maximum Gasteiger partial charge on any atom is 0.489 e. The van der Waals surface area contributed by atoms with Crippen molar-refractivity contribution < 1.29 is 10.0 Å². The van der Waals surface area contributed by atoms with E-state index in [0.29, 0.717) is 5.46 Å². The molecule has 4 heteroatoms. The SMILES string of the molecule is C=Cc1c(/C=C\C)c(B(O)O)cc2sc3c4ccccc4c4ccccc4c3c12. The molecule has 5 aromatic rings. The number of allylic oxidation sites excluding steroid dienone is 1. The second-order valence-corrected chi connectivity index (χ2v) is 8.19. The van der Waals surface area contributed by atoms with Crippen molar-refractivity contribution in [3.63, 3.8) is 0 Å². The first-order chi connectivity index (χ1) is 14.2. The Morgan fingerprint density at radius 1 is 0.862 bits per heavy atom. The zero-order chi connectivity index (χ0) is 20.1. The van der Waals surface area contributed by atoms with Gasteiger partial charge in [0.25, 0.3) is 0 Å². The van der Waals surface area contributed by atoms with Gasteiger partial charge in [0.1, 0.15) is 0 Å². The van der Waals surface area contributed by atoms with Crippen LogP contribution in [0.25, 0.3) is 53.9 Å². The van der Waals surface area contributed by atoms with Crippen molar-refractivity contribution in [3.8, 4) is 0 Å². The third-order valence-electron chi connectivity index (χ3n) is 5.57. The van der Waals surface area contributed by atoms with E-state index in [-0.39, 0.29) is 0 Å². The molecule has 0 radical (unpaired) electrons. The van der Waals surface area contributed by atoms with Gasteiger partial charge in [0.05, 0.1) is 0 Å². The van der Waals surface area contributed by atoms with E-state index in [1.807, 2.05) is 31.2 Å². The lowest BCUT2D eigenvalue weighted by atomic mass is 9.74. The van der Waals surface area contributed by atoms with Crippen molar-refractivity contribution >= 4 is 77.8 Å². The fourth-order valence-corrected chi connectivity index (χ4v) is 5.73. The topological polar surface area (TPSA) is 40.5 Å². The molecule has 0 saturated heterocycles. The Morgan fingerprint density at radius 3 is 2.10 bits per heavy atom. The zero-order valence-electron chi connectivity index (χ0n) is 16.0. The predicted molar refractivity (Wildman–Crippen MR) is 129 cm³/mol. The molecule has 1 heterocycles. The van der Waals surface area contributed by atoms with Gasteiger partial charge in [-0.3, -0.25) is 0 Å². The fraction of sp³-hybridized carbons (Fsp3) is 0.0400. The van der Waals surface area contributed by atoms with Crippen LogP contribution in [0.1, 0.15) is 18.1 Å². The number of thiophene rings is 1. The van der Waals surface area contributed by atoms with E-state index in [1.165, 1.54) is 31.6 Å². The highest BCUT2D eigenvalue weighted by Crippen LogP contribution is 2.45. The molecule has 0 aliphatic heterocycles. The molecule has 0 unspecified atom stereocenters. The summed E-state index contributed by atoms with van der Waals surface area (Å²) in [6.07, 6.45) is 5.68. The highest BCUT2D eigenvalue weighted by molar-refractivity contribution is 7.27. The maximum atomic E-state index is 10.0. The van der Waals surface area contributed by atoms with Crippen LogP contribution in [0.15, 0.2) is 67.3 Å². The molecule has 0 amide bonds. The molecule has 29 heavy (non-hydrogen) atoms. The molecular formula is C25H19BO2S. The zero-order valence-corrected chi connectivity index (χ0v) is 16.8. The monoisotopic (exact) mass is 394 g/mol. The lowest BCUT2D eigenvalue weighted by Gasteiger charge is -2.12. The van der Waals surface area contributed by atoms with Crippen LogP contribution in [-0.4, -0.2) is 17.2 Å². The summed E-state index contributed by atoms with van der Waals surface area (Å²) in [6.45, 7) is 5.99. The second-order valence-electron chi connectivity index (χ2n) is 7.14. The van der Waals surface area contributed by atoms with E-state index in [1.54, 1.807) is 11.3 Å². The molecule has 4 aromatic carbocycles. The average Bonchev–Trinajstić information content (AvgIpc) is 3.13. The van der Waals surface area contributed by atoms with Crippen LogP contribution < -0.4 is 5.46 Å². The number of rotatable bonds is 3. The van der Waals surface area contributed by atoms with Crippen LogP contribution in [-0.2, 0) is 0 Å². The minimum atomic E-state index is -1.54. The summed E-state index contributed by atoms with van der Waals surface area (Å²) in [5, 5.41) is 27.3. The molecular weight excluding hydrogens is 375 g/mol. The molecule has 2 N–H and O–H groups in total. The van der Waals surface area contributed by atoms with E-state index in [2.05, 4.69) is 55.1 Å². The normalized spacial score (nSPS) is 12.0. The Bertz CT molecular complexity index is 1460. The molecule has 140 valence electrons. The summed E-state index contributed by atoms with van der Waals surface area (Å²) in [7, 11) is -1.54. The molecule has 0 fully saturated rings. The molecule has 0 aliphatic carbocycles. The van der Waals surface area contributed by atoms with Gasteiger partial charge in [0, 0.05) is 25.6 Å². The smallest absolute Gasteiger partial charge is 0.423 e. The lowest BCUT2D eigenvalue weighted by Crippen LogP contribution is -2.32. The van der Waals surface area contributed by atoms with Crippen LogP contribution >= 0.6 is 11.3 Å². The fourth-order valence-electron chi connectivity index (χ4n) is 4.40. The van der Waals surface area contributed by atoms with Crippen LogP contribution in [0.5, 0.6) is 0 Å². The highest BCUT2D eigenvalue weighted by atomic mass is 32.1. The van der Waals surface area contributed by atoms with Gasteiger partial charge in [0.2, 0.25) is 0 Å². The van der Waals surface area contributed by atoms with Crippen molar-refractivity contribution in [2.75, 3.05) is 0 Å². The number of fused-ring (bicyclic) bond motifs is 8. The second kappa shape index (κ2) is 6.85. The molecule has 0 saturated carbocycles. The van der Waals surface area contributed by atoms with Gasteiger partial charge in [0.15, 0.2) is 0 Å². The van der Waals surface area contributed by atoms with Gasteiger partial charge >= 0.3 is 7.12 Å². The van der Waals surface area contributed by atoms with Crippen molar-refractivity contribution in [2.24, 2.45) is 0 Å². The van der Waals surface area contributed by atoms with Crippen LogP contribution in [0, 0.1) is 0 Å². The van der Waals surface area contributed by atoms with Crippen molar-refractivity contribution in [2.45, 2.75) is 6.92 Å². The van der Waals surface area contributed by atoms with Crippen LogP contribution in [0.3, 0.4) is 0 Å². The van der Waals surface area contributed by atoms with E-state index in [4.69, 9.17) is 0 Å². The van der Waals surface area contributed by atoms with Gasteiger partial charge in [-0.15, -0.1) is 11.3 Å². The van der Waals surface area contributed by atoms with Gasteiger partial charge in [-0.25, -0.2) is 0 Å². The molecule has 5 rings (SSSR count). The van der Waals surface area contributed by atoms with Gasteiger partial charge in [-0.05, 0) is 45.7 Å². The average molecular weight is 394 g/mol. The molecule has 0 atom stereocenters. The van der Waals surface area contributed by atoms with Crippen LogP contribution in [0.4, 0.5) is 0 Å². The molecule has 0 bridgehead atoms. The Hall–Kier alpha value is -2.92. The Balaban J connectivity index is 2.14. The third-order valence-corrected chi connectivity index (χ3v) is 6.74. The summed E-state index contributed by atoms with van der Waals surface area (Å²) in [5.41, 5.74) is 2.25. The van der Waals surface area contributed by atoms with E-state index in [0.717, 1.165) is 21.2 Å². The summed E-state index contributed by atoms with van der Waals surface area (Å²) >= 11 is 1.70. The van der Waals surface area contributed by atoms with Gasteiger partial charge < -0.3 is 10.0 Å². The number of hydrogen-bond acceptors (Lipinski definition) is 3. The van der Waals surface area contributed by atoms with E-state index >= 15 is 0 Å². The molecule has 0 spiro atoms. The molecule has 0 aliphatic rings. The molecule has 2 nitrogen and oxygen atoms in total. The van der Waals surface area contributed by atoms with Crippen molar-refractivity contribution in [1.82, 2.24) is 0 Å². The maximum absolute atomic E-state index is 10.0. The first-order valence-electron chi connectivity index (χ1n) is 9.59. The minimum Gasteiger partial charge on any atom is -0.423 e. The van der Waals surface area contributed by atoms with Gasteiger partial charge in [-0.2, -0.15) is 0 Å². The highest BCUT2D eigenvalue weighted by Gasteiger charge is 2.23. The first kappa shape index (κ1) is 18.1. The van der Waals surface area contributed by atoms with Gasteiger partial charge in [-0.1, -0.05) is 73.3 Å². The largest absolute Gasteiger partial charge is 0.489 e. The summed E-state index contributed by atoms with van der Waals surface area (Å²) in [6, 6.07) is 18.9. The third kappa shape index (κ3) is 2.57. The summed E-state index contributed by atoms with van der Waals surface area (Å²) < 4.78 is 2.25. The predicted octanol–water partition coefficient (Wildman–Crippen LogP) is 5.72. The Morgan fingerprint density at radius 2 is 1.48 bits per heavy atom. The van der Waals surface area contributed by atoms with E-state index < -0.39 is 7.12 Å². The van der Waals surface area contributed by atoms with Crippen molar-refractivity contribution in [3.05, 3.63) is 78.4 Å². The van der Waals surface area contributed by atoms with Crippen molar-refractivity contribution in [1.29, 1.82) is 0 Å². The summed E-state index contributed by atoms with van der Waals surface area (Å²) in [4.78, 5) is 0. The minimum absolute atomic E-state index is 0.505. The number of hydrogen-bond donors (Lipinski definition) is 2. The van der Waals surface area contributed by atoms with E-state index in [9.17, 15) is 10.0 Å². The Kier molecular flexibility index (Phi) is 4.28. The number of benzene rings is 4. The van der Waals surface area contributed by atoms with Crippen LogP contribution in [0.2, 0.25) is 0 Å². The quantitative estimate of drug-likeness (QED) is 0.304. The first-order valence-corrected chi connectivity index (χ1v) is 10.4. The summed E-state index contributed by atoms with van der Waals surface area (Å²) in [5.74, 6) is 0. The molecule has 1 aromatic heterocycles.